The van der Waals surface area contributed by atoms with Gasteiger partial charge in [-0.1, -0.05) is 19.7 Å². The van der Waals surface area contributed by atoms with Gasteiger partial charge < -0.3 is 24.7 Å². The predicted octanol–water partition coefficient (Wildman–Crippen LogP) is -0.498. The van der Waals surface area contributed by atoms with Gasteiger partial charge in [-0.15, -0.1) is 0 Å². The maximum absolute atomic E-state index is 11.2. The van der Waals surface area contributed by atoms with Gasteiger partial charge in [0.1, 0.15) is 0 Å². The van der Waals surface area contributed by atoms with E-state index < -0.39 is 44.8 Å². The normalized spacial score (nSPS) is 12.7. The van der Waals surface area contributed by atoms with E-state index >= 15 is 0 Å². The zero-order valence-electron chi connectivity index (χ0n) is 18.2. The summed E-state index contributed by atoms with van der Waals surface area (Å²) in [5.74, 6) is -6.16. The highest BCUT2D eigenvalue weighted by Gasteiger charge is 2.49. The lowest BCUT2D eigenvalue weighted by Gasteiger charge is -2.29. The van der Waals surface area contributed by atoms with Crippen LogP contribution in [0.1, 0.15) is 13.3 Å². The molecule has 0 aliphatic heterocycles. The highest BCUT2D eigenvalue weighted by molar-refractivity contribution is 7.88. The molecule has 1 unspecified atom stereocenters. The van der Waals surface area contributed by atoms with Crippen LogP contribution in [0.3, 0.4) is 0 Å². The fourth-order valence-corrected chi connectivity index (χ4v) is 2.44. The van der Waals surface area contributed by atoms with E-state index in [2.05, 4.69) is 24.5 Å². The summed E-state index contributed by atoms with van der Waals surface area (Å²) in [4.78, 5) is 43.8. The number of carbonyl (C=O) groups is 4. The highest BCUT2D eigenvalue weighted by Crippen LogP contribution is 2.22. The average Bonchev–Trinajstić information content (AvgIpc) is 2.71. The number of nitrogens with zero attached hydrogens (tertiary/aromatic N) is 1. The smallest absolute Gasteiger partial charge is 0.425 e. The van der Waals surface area contributed by atoms with Gasteiger partial charge in [0.25, 0.3) is 10.1 Å². The van der Waals surface area contributed by atoms with Crippen molar-refractivity contribution in [1.29, 1.82) is 0 Å². The molecule has 0 aliphatic rings. The van der Waals surface area contributed by atoms with Crippen LogP contribution in [0, 0.1) is 0 Å². The third kappa shape index (κ3) is 8.97. The van der Waals surface area contributed by atoms with E-state index in [9.17, 15) is 27.6 Å². The van der Waals surface area contributed by atoms with Crippen LogP contribution in [0.15, 0.2) is 38.0 Å². The van der Waals surface area contributed by atoms with Crippen molar-refractivity contribution >= 4 is 34.0 Å². The van der Waals surface area contributed by atoms with Gasteiger partial charge >= 0.3 is 29.9 Å². The SMILES string of the molecule is C=CC(=O)OC(CCN)(OC(=O)C=C)OC(=O)C=C.COC(=O)C(C)(N(C)C)S(=O)(=O)O. The van der Waals surface area contributed by atoms with Crippen LogP contribution < -0.4 is 5.73 Å². The zero-order chi connectivity index (χ0) is 25.8. The van der Waals surface area contributed by atoms with E-state index in [4.69, 9.17) is 24.5 Å². The Morgan fingerprint density at radius 1 is 0.969 bits per heavy atom. The van der Waals surface area contributed by atoms with Gasteiger partial charge in [0, 0.05) is 24.8 Å². The topological polar surface area (TPSA) is 189 Å². The van der Waals surface area contributed by atoms with Crippen LogP contribution in [0.5, 0.6) is 0 Å². The van der Waals surface area contributed by atoms with E-state index in [-0.39, 0.29) is 13.0 Å². The molecule has 0 radical (unpaired) electrons. The number of carbonyl (C=O) groups excluding carboxylic acids is 4. The first-order chi connectivity index (χ1) is 14.6. The minimum Gasteiger partial charge on any atom is -0.467 e. The Kier molecular flexibility index (Phi) is 13.0. The summed E-state index contributed by atoms with van der Waals surface area (Å²) in [6.45, 7) is 10.5. The molecule has 0 aromatic carbocycles. The summed E-state index contributed by atoms with van der Waals surface area (Å²) < 4.78 is 49.2. The number of methoxy groups -OCH3 is 1. The first-order valence-electron chi connectivity index (χ1n) is 8.59. The largest absolute Gasteiger partial charge is 0.467 e. The third-order valence-electron chi connectivity index (χ3n) is 3.64. The van der Waals surface area contributed by atoms with Crippen LogP contribution in [-0.4, -0.2) is 80.3 Å². The molecule has 1 atom stereocenters. The Morgan fingerprint density at radius 2 is 1.31 bits per heavy atom. The summed E-state index contributed by atoms with van der Waals surface area (Å²) in [5.41, 5.74) is 5.31. The molecule has 0 aliphatic carbocycles. The van der Waals surface area contributed by atoms with Gasteiger partial charge in [-0.05, 0) is 21.0 Å². The van der Waals surface area contributed by atoms with Crippen LogP contribution >= 0.6 is 0 Å². The van der Waals surface area contributed by atoms with E-state index in [1.165, 1.54) is 14.1 Å². The standard InChI is InChI=1S/C12H15NO6.C6H13NO5S/c1-4-9(14)17-12(7-8-13,18-10(15)5-2)19-11(16)6-3;1-6(7(2)3,5(8)12-4)13(9,10)11/h4-6H,1-3,7-8,13H2;1-4H3,(H,9,10,11). The number of nitrogens with two attached hydrogens (primary N) is 1. The number of hydrogen-bond donors (Lipinski definition) is 2. The molecular formula is C18H28N2O11S. The fourth-order valence-electron chi connectivity index (χ4n) is 1.69. The molecule has 3 N–H and O–H groups in total. The number of likely N-dealkylation sites (N-methyl/N-ethyl adjacent to an activating group) is 1. The second-order valence-corrected chi connectivity index (χ2v) is 7.69. The monoisotopic (exact) mass is 480 g/mol. The summed E-state index contributed by atoms with van der Waals surface area (Å²) in [7, 11) is -0.769. The van der Waals surface area contributed by atoms with Crippen LogP contribution in [0.2, 0.25) is 0 Å². The second-order valence-electron chi connectivity index (χ2n) is 5.94. The molecule has 0 fully saturated rings. The Morgan fingerprint density at radius 3 is 1.47 bits per heavy atom. The van der Waals surface area contributed by atoms with Crippen molar-refractivity contribution in [2.45, 2.75) is 24.2 Å². The molecule has 0 saturated heterocycles. The van der Waals surface area contributed by atoms with Crippen molar-refractivity contribution in [2.24, 2.45) is 5.73 Å². The van der Waals surface area contributed by atoms with Gasteiger partial charge in [0.2, 0.25) is 4.87 Å². The molecule has 0 aromatic heterocycles. The fraction of sp³-hybridized carbons (Fsp3) is 0.444. The molecule has 0 aromatic rings. The first kappa shape index (κ1) is 31.1. The number of ether oxygens (including phenoxy) is 4. The van der Waals surface area contributed by atoms with E-state index in [1.54, 1.807) is 0 Å². The molecule has 0 bridgehead atoms. The molecule has 0 spiro atoms. The molecule has 32 heavy (non-hydrogen) atoms. The van der Waals surface area contributed by atoms with Crippen molar-refractivity contribution in [2.75, 3.05) is 27.7 Å². The highest BCUT2D eigenvalue weighted by atomic mass is 32.2. The van der Waals surface area contributed by atoms with Crippen molar-refractivity contribution < 1.29 is 51.1 Å². The third-order valence-corrected chi connectivity index (χ3v) is 5.18. The summed E-state index contributed by atoms with van der Waals surface area (Å²) in [5, 5.41) is 0. The summed E-state index contributed by atoms with van der Waals surface area (Å²) >= 11 is 0. The van der Waals surface area contributed by atoms with Crippen molar-refractivity contribution in [3.63, 3.8) is 0 Å². The van der Waals surface area contributed by atoms with Crippen LogP contribution in [-0.2, 0) is 48.2 Å². The minimum absolute atomic E-state index is 0.0841. The van der Waals surface area contributed by atoms with Crippen LogP contribution in [0.25, 0.3) is 0 Å². The first-order valence-corrected chi connectivity index (χ1v) is 10.0. The molecule has 0 rings (SSSR count). The molecule has 13 nitrogen and oxygen atoms in total. The lowest BCUT2D eigenvalue weighted by atomic mass is 10.3. The minimum atomic E-state index is -4.52. The Hall–Kier alpha value is -3.07. The maximum Gasteiger partial charge on any atom is 0.425 e. The average molecular weight is 480 g/mol. The number of esters is 4. The Labute approximate surface area is 186 Å². The summed E-state index contributed by atoms with van der Waals surface area (Å²) in [6, 6.07) is 0. The predicted molar refractivity (Wildman–Crippen MR) is 111 cm³/mol. The maximum atomic E-state index is 11.2. The lowest BCUT2D eigenvalue weighted by molar-refractivity contribution is -0.325. The Bertz CT molecular complexity index is 781. The van der Waals surface area contributed by atoms with Gasteiger partial charge in [-0.25, -0.2) is 19.2 Å². The van der Waals surface area contributed by atoms with Gasteiger partial charge in [-0.2, -0.15) is 8.42 Å². The summed E-state index contributed by atoms with van der Waals surface area (Å²) in [6.07, 6.45) is 2.18. The molecule has 0 heterocycles. The lowest BCUT2D eigenvalue weighted by Crippen LogP contribution is -2.55. The van der Waals surface area contributed by atoms with Gasteiger partial charge in [-0.3, -0.25) is 9.45 Å². The molecule has 0 saturated carbocycles. The molecule has 0 amide bonds. The zero-order valence-corrected chi connectivity index (χ0v) is 19.0. The van der Waals surface area contributed by atoms with Crippen molar-refractivity contribution in [3.05, 3.63) is 38.0 Å². The van der Waals surface area contributed by atoms with E-state index in [0.29, 0.717) is 0 Å². The second kappa shape index (κ2) is 13.4. The quantitative estimate of drug-likeness (QED) is 0.167. The van der Waals surface area contributed by atoms with Crippen molar-refractivity contribution in [3.8, 4) is 0 Å². The van der Waals surface area contributed by atoms with Gasteiger partial charge in [0.05, 0.1) is 13.5 Å². The molecule has 14 heteroatoms. The van der Waals surface area contributed by atoms with E-state index in [1.807, 2.05) is 0 Å². The van der Waals surface area contributed by atoms with E-state index in [0.717, 1.165) is 37.2 Å². The van der Waals surface area contributed by atoms with Gasteiger partial charge in [0.15, 0.2) is 0 Å². The number of rotatable bonds is 11. The molecular weight excluding hydrogens is 452 g/mol. The molecule has 182 valence electrons. The number of hydrogen-bond acceptors (Lipinski definition) is 12. The Balaban J connectivity index is 0. The van der Waals surface area contributed by atoms with Crippen molar-refractivity contribution in [1.82, 2.24) is 4.90 Å². The van der Waals surface area contributed by atoms with Crippen LogP contribution in [0.4, 0.5) is 0 Å².